The smallest absolute Gasteiger partial charge is 0.305 e. The summed E-state index contributed by atoms with van der Waals surface area (Å²) >= 11 is 0. The summed E-state index contributed by atoms with van der Waals surface area (Å²) in [6, 6.07) is -0.160. The first-order chi connectivity index (χ1) is 7.56. The Morgan fingerprint density at radius 2 is 2.25 bits per heavy atom. The van der Waals surface area contributed by atoms with Gasteiger partial charge in [0.05, 0.1) is 7.11 Å². The summed E-state index contributed by atoms with van der Waals surface area (Å²) in [5.74, 6) is -0.0261. The maximum Gasteiger partial charge on any atom is 0.305 e. The normalized spacial score (nSPS) is 13.8. The molecule has 0 rings (SSSR count). The summed E-state index contributed by atoms with van der Waals surface area (Å²) < 4.78 is 4.57. The Hall–Kier alpha value is -1.48. The van der Waals surface area contributed by atoms with E-state index in [0.29, 0.717) is 12.8 Å². The fourth-order valence-electron chi connectivity index (χ4n) is 1.59. The number of azide groups is 1. The van der Waals surface area contributed by atoms with Crippen molar-refractivity contribution in [2.75, 3.05) is 7.11 Å². The molecule has 0 heterocycles. The van der Waals surface area contributed by atoms with Crippen LogP contribution in [0.2, 0.25) is 0 Å². The van der Waals surface area contributed by atoms with Crippen LogP contribution in [0.4, 0.5) is 0 Å². The molecule has 0 saturated carbocycles. The topological polar surface area (TPSA) is 75.1 Å². The largest absolute Gasteiger partial charge is 0.469 e. The van der Waals surface area contributed by atoms with E-state index in [9.17, 15) is 4.79 Å². The van der Waals surface area contributed by atoms with Crippen LogP contribution in [-0.2, 0) is 9.53 Å². The average molecular weight is 225 g/mol. The van der Waals surface area contributed by atoms with E-state index in [0.717, 1.165) is 0 Å². The van der Waals surface area contributed by atoms with E-state index >= 15 is 0 Å². The minimum Gasteiger partial charge on any atom is -0.469 e. The Kier molecular flexibility index (Phi) is 7.05. The van der Waals surface area contributed by atoms with Crippen molar-refractivity contribution in [3.63, 3.8) is 0 Å². The highest BCUT2D eigenvalue weighted by atomic mass is 16.5. The predicted octanol–water partition coefficient (Wildman–Crippen LogP) is 3.08. The van der Waals surface area contributed by atoms with E-state index in [4.69, 9.17) is 5.53 Å². The van der Waals surface area contributed by atoms with Crippen LogP contribution in [0.15, 0.2) is 17.8 Å². The predicted molar refractivity (Wildman–Crippen MR) is 62.7 cm³/mol. The fourth-order valence-corrected chi connectivity index (χ4v) is 1.59. The molecule has 0 saturated heterocycles. The van der Waals surface area contributed by atoms with Gasteiger partial charge in [-0.2, -0.15) is 0 Å². The van der Waals surface area contributed by atoms with Gasteiger partial charge in [-0.3, -0.25) is 4.79 Å². The molecule has 0 aromatic heterocycles. The standard InChI is InChI=1S/C11H19N3O2/c1-5-9(6-7-10(15)16-4)11(8(2)3)13-14-12/h5,8-9,11H,1,6-7H2,2-4H3/t9-,11-/m0/s1. The third-order valence-electron chi connectivity index (χ3n) is 2.52. The maximum atomic E-state index is 11.0. The van der Waals surface area contributed by atoms with Crippen LogP contribution in [0.1, 0.15) is 26.7 Å². The molecule has 2 atom stereocenters. The molecule has 5 nitrogen and oxygen atoms in total. The van der Waals surface area contributed by atoms with E-state index < -0.39 is 0 Å². The second-order valence-corrected chi connectivity index (χ2v) is 3.95. The first kappa shape index (κ1) is 14.5. The number of carbonyl (C=O) groups excluding carboxylic acids is 1. The molecule has 0 aromatic rings. The summed E-state index contributed by atoms with van der Waals surface area (Å²) in [6.45, 7) is 7.68. The number of methoxy groups -OCH3 is 1. The zero-order valence-electron chi connectivity index (χ0n) is 10.1. The highest BCUT2D eigenvalue weighted by Crippen LogP contribution is 2.22. The van der Waals surface area contributed by atoms with E-state index in [1.54, 1.807) is 6.08 Å². The van der Waals surface area contributed by atoms with Gasteiger partial charge in [-0.15, -0.1) is 6.58 Å². The van der Waals surface area contributed by atoms with E-state index in [1.807, 2.05) is 13.8 Å². The van der Waals surface area contributed by atoms with Gasteiger partial charge in [0.1, 0.15) is 0 Å². The van der Waals surface area contributed by atoms with E-state index in [-0.39, 0.29) is 23.8 Å². The second kappa shape index (κ2) is 7.77. The minimum atomic E-state index is -0.254. The number of ether oxygens (including phenoxy) is 1. The molecule has 0 aliphatic rings. The summed E-state index contributed by atoms with van der Waals surface area (Å²) in [6.07, 6.45) is 2.65. The third kappa shape index (κ3) is 4.84. The molecule has 0 unspecified atom stereocenters. The molecule has 0 aromatic carbocycles. The molecule has 16 heavy (non-hydrogen) atoms. The Bertz CT molecular complexity index is 283. The number of carbonyl (C=O) groups is 1. The highest BCUT2D eigenvalue weighted by Gasteiger charge is 2.21. The van der Waals surface area contributed by atoms with Gasteiger partial charge in [0.15, 0.2) is 0 Å². The van der Waals surface area contributed by atoms with Gasteiger partial charge in [0, 0.05) is 17.4 Å². The van der Waals surface area contributed by atoms with Crippen LogP contribution in [-0.4, -0.2) is 19.1 Å². The van der Waals surface area contributed by atoms with Crippen LogP contribution in [0, 0.1) is 11.8 Å². The lowest BCUT2D eigenvalue weighted by Gasteiger charge is -2.23. The molecule has 5 heteroatoms. The summed E-state index contributed by atoms with van der Waals surface area (Å²) in [5, 5.41) is 3.76. The SMILES string of the molecule is C=C[C@@H](CCC(=O)OC)[C@@H](N=[N+]=[N-])C(C)C. The number of nitrogens with zero attached hydrogens (tertiary/aromatic N) is 3. The van der Waals surface area contributed by atoms with Crippen molar-refractivity contribution >= 4 is 5.97 Å². The molecule has 0 aliphatic heterocycles. The lowest BCUT2D eigenvalue weighted by Crippen LogP contribution is -2.23. The van der Waals surface area contributed by atoms with Crippen molar-refractivity contribution in [2.24, 2.45) is 17.0 Å². The van der Waals surface area contributed by atoms with Crippen LogP contribution >= 0.6 is 0 Å². The third-order valence-corrected chi connectivity index (χ3v) is 2.52. The van der Waals surface area contributed by atoms with Crippen LogP contribution in [0.3, 0.4) is 0 Å². The number of hydrogen-bond donors (Lipinski definition) is 0. The van der Waals surface area contributed by atoms with Crippen molar-refractivity contribution in [2.45, 2.75) is 32.7 Å². The van der Waals surface area contributed by atoms with Gasteiger partial charge in [-0.05, 0) is 23.8 Å². The number of esters is 1. The van der Waals surface area contributed by atoms with Crippen LogP contribution in [0.25, 0.3) is 10.4 Å². The van der Waals surface area contributed by atoms with Crippen LogP contribution in [0.5, 0.6) is 0 Å². The van der Waals surface area contributed by atoms with Gasteiger partial charge in [-0.1, -0.05) is 25.0 Å². The molecule has 0 radical (unpaired) electrons. The first-order valence-corrected chi connectivity index (χ1v) is 5.30. The molecule has 0 bridgehead atoms. The van der Waals surface area contributed by atoms with Gasteiger partial charge < -0.3 is 4.74 Å². The molecule has 0 spiro atoms. The van der Waals surface area contributed by atoms with E-state index in [1.165, 1.54) is 7.11 Å². The second-order valence-electron chi connectivity index (χ2n) is 3.95. The molecule has 90 valence electrons. The van der Waals surface area contributed by atoms with Crippen molar-refractivity contribution in [1.29, 1.82) is 0 Å². The van der Waals surface area contributed by atoms with Gasteiger partial charge in [-0.25, -0.2) is 0 Å². The van der Waals surface area contributed by atoms with Gasteiger partial charge in [0.2, 0.25) is 0 Å². The Balaban J connectivity index is 4.49. The molecule has 0 fully saturated rings. The van der Waals surface area contributed by atoms with Crippen molar-refractivity contribution < 1.29 is 9.53 Å². The van der Waals surface area contributed by atoms with Crippen molar-refractivity contribution in [3.8, 4) is 0 Å². The zero-order chi connectivity index (χ0) is 12.6. The Labute approximate surface area is 96.1 Å². The Morgan fingerprint density at radius 1 is 1.62 bits per heavy atom. The van der Waals surface area contributed by atoms with Crippen molar-refractivity contribution in [1.82, 2.24) is 0 Å². The van der Waals surface area contributed by atoms with Crippen LogP contribution < -0.4 is 0 Å². The summed E-state index contributed by atoms with van der Waals surface area (Å²) in [7, 11) is 1.36. The first-order valence-electron chi connectivity index (χ1n) is 5.30. The quantitative estimate of drug-likeness (QED) is 0.219. The monoisotopic (exact) mass is 225 g/mol. The minimum absolute atomic E-state index is 0.00926. The average Bonchev–Trinajstić information content (AvgIpc) is 2.27. The summed E-state index contributed by atoms with van der Waals surface area (Å²) in [4.78, 5) is 13.9. The van der Waals surface area contributed by atoms with Gasteiger partial charge in [0.25, 0.3) is 0 Å². The molecular formula is C11H19N3O2. The molecule has 0 aliphatic carbocycles. The molecular weight excluding hydrogens is 206 g/mol. The highest BCUT2D eigenvalue weighted by molar-refractivity contribution is 5.69. The van der Waals surface area contributed by atoms with Crippen molar-refractivity contribution in [3.05, 3.63) is 23.1 Å². The lowest BCUT2D eigenvalue weighted by atomic mass is 9.88. The maximum absolute atomic E-state index is 11.0. The van der Waals surface area contributed by atoms with E-state index in [2.05, 4.69) is 21.3 Å². The number of hydrogen-bond acceptors (Lipinski definition) is 3. The molecule has 0 amide bonds. The zero-order valence-corrected chi connectivity index (χ0v) is 10.1. The number of rotatable bonds is 7. The Morgan fingerprint density at radius 3 is 2.62 bits per heavy atom. The fraction of sp³-hybridized carbons (Fsp3) is 0.727. The lowest BCUT2D eigenvalue weighted by molar-refractivity contribution is -0.140. The summed E-state index contributed by atoms with van der Waals surface area (Å²) in [5.41, 5.74) is 8.49. The van der Waals surface area contributed by atoms with Gasteiger partial charge >= 0.3 is 5.97 Å². The molecule has 0 N–H and O–H groups in total.